The Kier molecular flexibility index (Phi) is 5.68. The third kappa shape index (κ3) is 3.68. The molecule has 0 N–H and O–H groups in total. The Morgan fingerprint density at radius 1 is 0.436 bits per heavy atom. The van der Waals surface area contributed by atoms with Gasteiger partial charge in [-0.3, -0.25) is 0 Å². The molecule has 1 aliphatic carbocycles. The number of pyridine rings is 1. The maximum Gasteiger partial charge on any atom is 0.243 e. The molecular formula is C52H31BN2. The molecule has 0 radical (unpaired) electrons. The summed E-state index contributed by atoms with van der Waals surface area (Å²) in [5, 5.41) is 3.71. The standard InChI is InChI=1S/C52H31BN2/c1-10-22-47-32(13-1)25-28-48(54-47)33-29-40-37-16-4-9-21-45(37)53-46-31-34(55-49-23-11-5-17-38(49)39-18-6-12-24-50(39)55)26-27-43(46)52(44(30-33)51(40)53)41-19-7-2-14-35(41)36-15-3-8-20-42(36)52/h1-31H. The normalized spacial score (nSPS) is 13.9. The number of hydrogen-bond donors (Lipinski definition) is 0. The third-order valence-electron chi connectivity index (χ3n) is 12.9. The minimum atomic E-state index is -0.517. The average Bonchev–Trinajstić information content (AvgIpc) is 3.87. The molecule has 0 saturated carbocycles. The molecule has 0 atom stereocenters. The van der Waals surface area contributed by atoms with E-state index in [9.17, 15) is 0 Å². The zero-order valence-electron chi connectivity index (χ0n) is 29.9. The fourth-order valence-electron chi connectivity index (χ4n) is 10.8. The zero-order valence-corrected chi connectivity index (χ0v) is 29.9. The van der Waals surface area contributed by atoms with Gasteiger partial charge >= 0.3 is 0 Å². The highest BCUT2D eigenvalue weighted by Crippen LogP contribution is 2.57. The molecule has 252 valence electrons. The van der Waals surface area contributed by atoms with Gasteiger partial charge in [0, 0.05) is 27.4 Å². The number of hydrogen-bond acceptors (Lipinski definition) is 1. The molecule has 13 rings (SSSR count). The fraction of sp³-hybridized carbons (Fsp3) is 0.0192. The van der Waals surface area contributed by atoms with Crippen molar-refractivity contribution < 1.29 is 0 Å². The Morgan fingerprint density at radius 2 is 1.07 bits per heavy atom. The molecule has 4 heterocycles. The first-order valence-electron chi connectivity index (χ1n) is 19.3. The van der Waals surface area contributed by atoms with Crippen LogP contribution in [0, 0.1) is 0 Å². The van der Waals surface area contributed by atoms with Crippen LogP contribution in [0.1, 0.15) is 22.3 Å². The SMILES string of the molecule is c1ccc2c(c1)B1c3cc(-n4c5ccccc5c5ccccc54)ccc3C3(c4ccccc4-c4ccccc43)c3cc(-c4ccc5ccccc5n4)cc-2c31. The number of para-hydroxylation sites is 3. The summed E-state index contributed by atoms with van der Waals surface area (Å²) < 4.78 is 2.47. The summed E-state index contributed by atoms with van der Waals surface area (Å²) in [4.78, 5) is 5.27. The first-order chi connectivity index (χ1) is 27.3. The van der Waals surface area contributed by atoms with Gasteiger partial charge < -0.3 is 4.57 Å². The highest BCUT2D eigenvalue weighted by molar-refractivity contribution is 7.00. The summed E-state index contributed by atoms with van der Waals surface area (Å²) in [7, 11) is 0. The van der Waals surface area contributed by atoms with Crippen LogP contribution in [0.15, 0.2) is 188 Å². The van der Waals surface area contributed by atoms with Crippen molar-refractivity contribution in [2.75, 3.05) is 0 Å². The van der Waals surface area contributed by atoms with Crippen molar-refractivity contribution in [1.82, 2.24) is 9.55 Å². The Balaban J connectivity index is 1.18. The Morgan fingerprint density at radius 3 is 1.84 bits per heavy atom. The molecule has 2 aromatic heterocycles. The average molecular weight is 695 g/mol. The van der Waals surface area contributed by atoms with Gasteiger partial charge in [0.1, 0.15) is 0 Å². The van der Waals surface area contributed by atoms with Crippen molar-refractivity contribution in [3.05, 3.63) is 210 Å². The molecule has 1 spiro atoms. The molecule has 0 unspecified atom stereocenters. The lowest BCUT2D eigenvalue weighted by molar-refractivity contribution is 0.775. The van der Waals surface area contributed by atoms with Crippen LogP contribution in [0.5, 0.6) is 0 Å². The van der Waals surface area contributed by atoms with Gasteiger partial charge in [0.05, 0.1) is 27.7 Å². The van der Waals surface area contributed by atoms with Gasteiger partial charge in [-0.25, -0.2) is 4.98 Å². The Labute approximate surface area is 319 Å². The maximum absolute atomic E-state index is 5.27. The molecule has 2 nitrogen and oxygen atoms in total. The van der Waals surface area contributed by atoms with Gasteiger partial charge in [0.25, 0.3) is 0 Å². The van der Waals surface area contributed by atoms with Gasteiger partial charge in [-0.2, -0.15) is 0 Å². The van der Waals surface area contributed by atoms with Crippen LogP contribution in [0.3, 0.4) is 0 Å². The molecule has 0 amide bonds. The van der Waals surface area contributed by atoms with Crippen molar-refractivity contribution in [1.29, 1.82) is 0 Å². The van der Waals surface area contributed by atoms with Gasteiger partial charge in [-0.15, -0.1) is 0 Å². The third-order valence-corrected chi connectivity index (χ3v) is 12.9. The molecule has 10 aromatic rings. The summed E-state index contributed by atoms with van der Waals surface area (Å²) >= 11 is 0. The number of nitrogens with zero attached hydrogens (tertiary/aromatic N) is 2. The van der Waals surface area contributed by atoms with E-state index in [4.69, 9.17) is 4.98 Å². The summed E-state index contributed by atoms with van der Waals surface area (Å²) in [6.45, 7) is 0.0911. The van der Waals surface area contributed by atoms with Gasteiger partial charge in [0.2, 0.25) is 6.71 Å². The monoisotopic (exact) mass is 694 g/mol. The van der Waals surface area contributed by atoms with Crippen LogP contribution >= 0.6 is 0 Å². The summed E-state index contributed by atoms with van der Waals surface area (Å²) in [6.07, 6.45) is 0. The van der Waals surface area contributed by atoms with Crippen molar-refractivity contribution in [3.63, 3.8) is 0 Å². The fourth-order valence-corrected chi connectivity index (χ4v) is 10.8. The highest BCUT2D eigenvalue weighted by Gasteiger charge is 2.55. The second-order valence-electron chi connectivity index (χ2n) is 15.4. The van der Waals surface area contributed by atoms with E-state index >= 15 is 0 Å². The van der Waals surface area contributed by atoms with Crippen molar-refractivity contribution in [2.45, 2.75) is 5.41 Å². The van der Waals surface area contributed by atoms with E-state index in [2.05, 4.69) is 193 Å². The van der Waals surface area contributed by atoms with Crippen LogP contribution < -0.4 is 16.4 Å². The first kappa shape index (κ1) is 29.5. The minimum absolute atomic E-state index is 0.0911. The van der Waals surface area contributed by atoms with Crippen LogP contribution in [0.25, 0.3) is 71.9 Å². The molecule has 3 heteroatoms. The number of rotatable bonds is 2. The first-order valence-corrected chi connectivity index (χ1v) is 19.3. The van der Waals surface area contributed by atoms with E-state index in [-0.39, 0.29) is 6.71 Å². The van der Waals surface area contributed by atoms with Crippen LogP contribution in [-0.2, 0) is 5.41 Å². The number of benzene rings is 8. The maximum atomic E-state index is 5.27. The van der Waals surface area contributed by atoms with Gasteiger partial charge in [-0.1, -0.05) is 156 Å². The Hall–Kier alpha value is -6.97. The van der Waals surface area contributed by atoms with Crippen molar-refractivity contribution in [2.24, 2.45) is 0 Å². The Bertz CT molecular complexity index is 3200. The lowest BCUT2D eigenvalue weighted by atomic mass is 9.32. The number of fused-ring (bicyclic) bond motifs is 16. The van der Waals surface area contributed by atoms with Gasteiger partial charge in [-0.05, 0) is 93.0 Å². The molecule has 3 aliphatic rings. The van der Waals surface area contributed by atoms with E-state index in [1.54, 1.807) is 0 Å². The topological polar surface area (TPSA) is 17.8 Å². The largest absolute Gasteiger partial charge is 0.309 e. The predicted molar refractivity (Wildman–Crippen MR) is 229 cm³/mol. The smallest absolute Gasteiger partial charge is 0.243 e. The van der Waals surface area contributed by atoms with E-state index in [1.807, 2.05) is 0 Å². The van der Waals surface area contributed by atoms with E-state index in [0.717, 1.165) is 22.2 Å². The molecule has 8 aromatic carbocycles. The molecule has 2 aliphatic heterocycles. The van der Waals surface area contributed by atoms with Crippen LogP contribution in [0.4, 0.5) is 0 Å². The molecular weight excluding hydrogens is 663 g/mol. The summed E-state index contributed by atoms with van der Waals surface area (Å²) in [6, 6.07) is 70.2. The zero-order chi connectivity index (χ0) is 35.8. The summed E-state index contributed by atoms with van der Waals surface area (Å²) in [5.41, 5.74) is 21.2. The lowest BCUT2D eigenvalue weighted by Crippen LogP contribution is -2.59. The molecule has 55 heavy (non-hydrogen) atoms. The summed E-state index contributed by atoms with van der Waals surface area (Å²) in [5.74, 6) is 0. The highest BCUT2D eigenvalue weighted by atomic mass is 15.0. The molecule has 0 bridgehead atoms. The van der Waals surface area contributed by atoms with Crippen molar-refractivity contribution in [3.8, 4) is 39.2 Å². The van der Waals surface area contributed by atoms with Crippen molar-refractivity contribution >= 4 is 55.8 Å². The van der Waals surface area contributed by atoms with Gasteiger partial charge in [0.15, 0.2) is 0 Å². The molecule has 0 saturated heterocycles. The van der Waals surface area contributed by atoms with E-state index in [0.29, 0.717) is 0 Å². The predicted octanol–water partition coefficient (Wildman–Crippen LogP) is 10.2. The second kappa shape index (κ2) is 10.6. The van der Waals surface area contributed by atoms with Crippen LogP contribution in [-0.4, -0.2) is 16.3 Å². The number of aromatic nitrogens is 2. The quantitative estimate of drug-likeness (QED) is 0.165. The van der Waals surface area contributed by atoms with E-state index < -0.39 is 5.41 Å². The minimum Gasteiger partial charge on any atom is -0.309 e. The van der Waals surface area contributed by atoms with E-state index in [1.165, 1.54) is 88.4 Å². The molecule has 0 fully saturated rings. The van der Waals surface area contributed by atoms with Crippen LogP contribution in [0.2, 0.25) is 0 Å². The second-order valence-corrected chi connectivity index (χ2v) is 15.4. The lowest BCUT2D eigenvalue weighted by Gasteiger charge is -2.42.